The molecule has 2 aromatic rings. The second-order valence-corrected chi connectivity index (χ2v) is 8.00. The van der Waals surface area contributed by atoms with E-state index in [0.717, 1.165) is 48.1 Å². The van der Waals surface area contributed by atoms with E-state index in [-0.39, 0.29) is 11.1 Å². The molecular formula is C24H28N2O3S. The van der Waals surface area contributed by atoms with Gasteiger partial charge in [-0.1, -0.05) is 37.3 Å². The molecule has 1 saturated heterocycles. The van der Waals surface area contributed by atoms with Crippen molar-refractivity contribution in [3.05, 3.63) is 64.6 Å². The molecule has 158 valence electrons. The molecule has 2 amide bonds. The smallest absolute Gasteiger partial charge is 0.293 e. The standard InChI is InChI=1S/C24H28N2O3S/c1-4-14-26-23(27)22(30-24(26)28)15-19-12-13-20(25(5-2)6-3)16-21(19)29-17-18-10-8-7-9-11-18/h7-13,15-16H,4-6,14,17H2,1-3H3/b22-15+. The van der Waals surface area contributed by atoms with E-state index in [2.05, 4.69) is 18.7 Å². The van der Waals surface area contributed by atoms with Gasteiger partial charge in [-0.2, -0.15) is 0 Å². The summed E-state index contributed by atoms with van der Waals surface area (Å²) in [5, 5.41) is -0.209. The van der Waals surface area contributed by atoms with Gasteiger partial charge in [0.2, 0.25) is 0 Å². The van der Waals surface area contributed by atoms with Gasteiger partial charge in [-0.3, -0.25) is 14.5 Å². The molecule has 0 aromatic heterocycles. The Morgan fingerprint density at radius 2 is 1.77 bits per heavy atom. The highest BCUT2D eigenvalue weighted by Crippen LogP contribution is 2.35. The molecule has 1 heterocycles. The summed E-state index contributed by atoms with van der Waals surface area (Å²) in [6.07, 6.45) is 2.52. The number of thioether (sulfide) groups is 1. The molecule has 0 unspecified atom stereocenters. The van der Waals surface area contributed by atoms with Gasteiger partial charge >= 0.3 is 0 Å². The zero-order chi connectivity index (χ0) is 21.5. The van der Waals surface area contributed by atoms with Crippen LogP contribution in [0.4, 0.5) is 10.5 Å². The van der Waals surface area contributed by atoms with Crippen molar-refractivity contribution in [2.24, 2.45) is 0 Å². The zero-order valence-corrected chi connectivity index (χ0v) is 18.6. The number of rotatable bonds is 9. The Morgan fingerprint density at radius 1 is 1.03 bits per heavy atom. The van der Waals surface area contributed by atoms with E-state index in [1.165, 1.54) is 4.90 Å². The van der Waals surface area contributed by atoms with Crippen molar-refractivity contribution in [1.82, 2.24) is 4.90 Å². The van der Waals surface area contributed by atoms with E-state index in [0.29, 0.717) is 23.8 Å². The fourth-order valence-corrected chi connectivity index (χ4v) is 4.20. The second kappa shape index (κ2) is 10.3. The molecule has 0 saturated carbocycles. The zero-order valence-electron chi connectivity index (χ0n) is 17.8. The van der Waals surface area contributed by atoms with E-state index >= 15 is 0 Å². The van der Waals surface area contributed by atoms with Crippen LogP contribution in [0.3, 0.4) is 0 Å². The topological polar surface area (TPSA) is 49.9 Å². The number of anilines is 1. The number of carbonyl (C=O) groups excluding carboxylic acids is 2. The first-order chi connectivity index (χ1) is 14.6. The third-order valence-electron chi connectivity index (χ3n) is 4.97. The van der Waals surface area contributed by atoms with E-state index in [9.17, 15) is 9.59 Å². The monoisotopic (exact) mass is 424 g/mol. The molecular weight excluding hydrogens is 396 g/mol. The minimum absolute atomic E-state index is 0.209. The molecule has 5 nitrogen and oxygen atoms in total. The maximum Gasteiger partial charge on any atom is 0.293 e. The number of amides is 2. The molecule has 1 aliphatic heterocycles. The molecule has 2 aromatic carbocycles. The highest BCUT2D eigenvalue weighted by Gasteiger charge is 2.34. The summed E-state index contributed by atoms with van der Waals surface area (Å²) in [4.78, 5) is 28.8. The van der Waals surface area contributed by atoms with Crippen LogP contribution in [-0.2, 0) is 11.4 Å². The van der Waals surface area contributed by atoms with Gasteiger partial charge in [-0.25, -0.2) is 0 Å². The third kappa shape index (κ3) is 5.05. The lowest BCUT2D eigenvalue weighted by molar-refractivity contribution is -0.122. The number of hydrogen-bond donors (Lipinski definition) is 0. The predicted molar refractivity (Wildman–Crippen MR) is 124 cm³/mol. The van der Waals surface area contributed by atoms with E-state index < -0.39 is 0 Å². The Hall–Kier alpha value is -2.73. The molecule has 1 aliphatic rings. The summed E-state index contributed by atoms with van der Waals surface area (Å²) < 4.78 is 6.16. The van der Waals surface area contributed by atoms with Crippen molar-refractivity contribution >= 4 is 34.7 Å². The Balaban J connectivity index is 1.92. The molecule has 0 aliphatic carbocycles. The summed E-state index contributed by atoms with van der Waals surface area (Å²) in [5.74, 6) is 0.472. The summed E-state index contributed by atoms with van der Waals surface area (Å²) in [6.45, 7) is 8.85. The lowest BCUT2D eigenvalue weighted by atomic mass is 10.1. The predicted octanol–water partition coefficient (Wildman–Crippen LogP) is 5.56. The quantitative estimate of drug-likeness (QED) is 0.493. The molecule has 3 rings (SSSR count). The molecule has 6 heteroatoms. The number of nitrogens with zero attached hydrogens (tertiary/aromatic N) is 2. The first-order valence-corrected chi connectivity index (χ1v) is 11.2. The number of carbonyl (C=O) groups is 2. The van der Waals surface area contributed by atoms with Gasteiger partial charge in [-0.05, 0) is 55.8 Å². The van der Waals surface area contributed by atoms with Crippen molar-refractivity contribution in [3.8, 4) is 5.75 Å². The number of ether oxygens (including phenoxy) is 1. The van der Waals surface area contributed by atoms with Crippen LogP contribution >= 0.6 is 11.8 Å². The normalized spacial score (nSPS) is 15.2. The Kier molecular flexibility index (Phi) is 7.57. The van der Waals surface area contributed by atoms with Crippen LogP contribution in [0.15, 0.2) is 53.4 Å². The Bertz CT molecular complexity index is 923. The lowest BCUT2D eigenvalue weighted by Gasteiger charge is -2.22. The van der Waals surface area contributed by atoms with E-state index in [1.54, 1.807) is 6.08 Å². The minimum atomic E-state index is -0.228. The van der Waals surface area contributed by atoms with Crippen LogP contribution in [-0.4, -0.2) is 35.7 Å². The first kappa shape index (κ1) is 22.0. The van der Waals surface area contributed by atoms with Gasteiger partial charge in [-0.15, -0.1) is 0 Å². The van der Waals surface area contributed by atoms with Crippen LogP contribution in [0.1, 0.15) is 38.3 Å². The average Bonchev–Trinajstić information content (AvgIpc) is 3.03. The molecule has 0 N–H and O–H groups in total. The number of benzene rings is 2. The maximum atomic E-state index is 12.6. The van der Waals surface area contributed by atoms with Gasteiger partial charge in [0.05, 0.1) is 4.91 Å². The summed E-state index contributed by atoms with van der Waals surface area (Å²) in [7, 11) is 0. The van der Waals surface area contributed by atoms with Gasteiger partial charge in [0, 0.05) is 37.0 Å². The summed E-state index contributed by atoms with van der Waals surface area (Å²) in [5.41, 5.74) is 2.93. The molecule has 0 atom stereocenters. The summed E-state index contributed by atoms with van der Waals surface area (Å²) in [6, 6.07) is 16.0. The van der Waals surface area contributed by atoms with Gasteiger partial charge < -0.3 is 9.64 Å². The van der Waals surface area contributed by atoms with E-state index in [1.807, 2.05) is 55.5 Å². The van der Waals surface area contributed by atoms with E-state index in [4.69, 9.17) is 4.74 Å². The second-order valence-electron chi connectivity index (χ2n) is 7.00. The van der Waals surface area contributed by atoms with Crippen molar-refractivity contribution in [2.45, 2.75) is 33.8 Å². The van der Waals surface area contributed by atoms with Crippen LogP contribution in [0, 0.1) is 0 Å². The van der Waals surface area contributed by atoms with Crippen LogP contribution in [0.5, 0.6) is 5.75 Å². The largest absolute Gasteiger partial charge is 0.488 e. The van der Waals surface area contributed by atoms with Crippen molar-refractivity contribution in [2.75, 3.05) is 24.5 Å². The fraction of sp³-hybridized carbons (Fsp3) is 0.333. The Morgan fingerprint density at radius 3 is 2.43 bits per heavy atom. The molecule has 0 spiro atoms. The minimum Gasteiger partial charge on any atom is -0.488 e. The molecule has 0 bridgehead atoms. The van der Waals surface area contributed by atoms with Crippen molar-refractivity contribution in [1.29, 1.82) is 0 Å². The Labute approximate surface area is 182 Å². The molecule has 30 heavy (non-hydrogen) atoms. The average molecular weight is 425 g/mol. The molecule has 0 radical (unpaired) electrons. The van der Waals surface area contributed by atoms with Gasteiger partial charge in [0.1, 0.15) is 12.4 Å². The van der Waals surface area contributed by atoms with Crippen LogP contribution < -0.4 is 9.64 Å². The van der Waals surface area contributed by atoms with Crippen LogP contribution in [0.2, 0.25) is 0 Å². The highest BCUT2D eigenvalue weighted by atomic mass is 32.2. The molecule has 1 fully saturated rings. The first-order valence-electron chi connectivity index (χ1n) is 10.4. The maximum absolute atomic E-state index is 12.6. The van der Waals surface area contributed by atoms with Gasteiger partial charge in [0.25, 0.3) is 11.1 Å². The van der Waals surface area contributed by atoms with Crippen molar-refractivity contribution < 1.29 is 14.3 Å². The lowest BCUT2D eigenvalue weighted by Crippen LogP contribution is -2.28. The van der Waals surface area contributed by atoms with Crippen molar-refractivity contribution in [3.63, 3.8) is 0 Å². The van der Waals surface area contributed by atoms with Crippen LogP contribution in [0.25, 0.3) is 6.08 Å². The number of imide groups is 1. The summed E-state index contributed by atoms with van der Waals surface area (Å²) >= 11 is 0.992. The highest BCUT2D eigenvalue weighted by molar-refractivity contribution is 8.18. The third-order valence-corrected chi connectivity index (χ3v) is 5.88. The number of hydrogen-bond acceptors (Lipinski definition) is 5. The SMILES string of the molecule is CCCN1C(=O)S/C(=C/c2ccc(N(CC)CC)cc2OCc2ccccc2)C1=O. The fourth-order valence-electron chi connectivity index (χ4n) is 3.35. The van der Waals surface area contributed by atoms with Gasteiger partial charge in [0.15, 0.2) is 0 Å².